The molecule has 1 atom stereocenters. The Balaban J connectivity index is 2.73. The molecular formula is C13H21NO. The van der Waals surface area contributed by atoms with Crippen LogP contribution in [0.5, 0.6) is 0 Å². The van der Waals surface area contributed by atoms with Gasteiger partial charge in [0.15, 0.2) is 0 Å². The third kappa shape index (κ3) is 3.65. The maximum atomic E-state index is 9.92. The van der Waals surface area contributed by atoms with Crippen molar-refractivity contribution in [2.75, 3.05) is 6.54 Å². The zero-order valence-electron chi connectivity index (χ0n) is 9.61. The third-order valence-electron chi connectivity index (χ3n) is 2.59. The number of aryl methyl sites for hydroxylation is 1. The fraction of sp³-hybridized carbons (Fsp3) is 0.538. The van der Waals surface area contributed by atoms with Gasteiger partial charge in [0.1, 0.15) is 0 Å². The van der Waals surface area contributed by atoms with Crippen molar-refractivity contribution in [3.05, 3.63) is 35.4 Å². The summed E-state index contributed by atoms with van der Waals surface area (Å²) in [6.45, 7) is 4.77. The van der Waals surface area contributed by atoms with Crippen LogP contribution in [0.4, 0.5) is 0 Å². The Morgan fingerprint density at radius 2 is 2.07 bits per heavy atom. The molecule has 15 heavy (non-hydrogen) atoms. The van der Waals surface area contributed by atoms with Crippen LogP contribution in [-0.2, 0) is 6.42 Å². The predicted molar refractivity (Wildman–Crippen MR) is 63.6 cm³/mol. The number of nitrogens with two attached hydrogens (primary N) is 1. The van der Waals surface area contributed by atoms with Gasteiger partial charge in [-0.25, -0.2) is 0 Å². The minimum Gasteiger partial charge on any atom is -0.388 e. The molecule has 2 heteroatoms. The number of rotatable bonds is 5. The molecule has 2 nitrogen and oxygen atoms in total. The summed E-state index contributed by atoms with van der Waals surface area (Å²) >= 11 is 0. The lowest BCUT2D eigenvalue weighted by Crippen LogP contribution is -2.06. The van der Waals surface area contributed by atoms with Crippen LogP contribution in [0.2, 0.25) is 0 Å². The molecule has 0 fully saturated rings. The van der Waals surface area contributed by atoms with E-state index < -0.39 is 0 Å². The fourth-order valence-electron chi connectivity index (χ4n) is 1.62. The Morgan fingerprint density at radius 1 is 1.33 bits per heavy atom. The first-order valence-electron chi connectivity index (χ1n) is 5.62. The van der Waals surface area contributed by atoms with Crippen molar-refractivity contribution in [1.29, 1.82) is 0 Å². The monoisotopic (exact) mass is 207 g/mol. The molecule has 84 valence electrons. The molecule has 1 rings (SSSR count). The van der Waals surface area contributed by atoms with Crippen molar-refractivity contribution in [1.82, 2.24) is 0 Å². The van der Waals surface area contributed by atoms with Gasteiger partial charge in [-0.2, -0.15) is 0 Å². The molecule has 1 unspecified atom stereocenters. The normalized spacial score (nSPS) is 13.1. The highest BCUT2D eigenvalue weighted by Gasteiger charge is 2.11. The van der Waals surface area contributed by atoms with Crippen molar-refractivity contribution in [2.24, 2.45) is 11.7 Å². The average Bonchev–Trinajstić information content (AvgIpc) is 2.25. The van der Waals surface area contributed by atoms with Crippen molar-refractivity contribution in [3.63, 3.8) is 0 Å². The zero-order chi connectivity index (χ0) is 11.3. The van der Waals surface area contributed by atoms with Crippen molar-refractivity contribution >= 4 is 0 Å². The summed E-state index contributed by atoms with van der Waals surface area (Å²) < 4.78 is 0. The van der Waals surface area contributed by atoms with Crippen LogP contribution in [0.3, 0.4) is 0 Å². The second kappa shape index (κ2) is 5.89. The van der Waals surface area contributed by atoms with Crippen LogP contribution in [0.25, 0.3) is 0 Å². The molecule has 0 spiro atoms. The molecule has 0 aliphatic rings. The van der Waals surface area contributed by atoms with E-state index in [9.17, 15) is 5.11 Å². The van der Waals surface area contributed by atoms with Gasteiger partial charge in [-0.3, -0.25) is 0 Å². The van der Waals surface area contributed by atoms with E-state index >= 15 is 0 Å². The smallest absolute Gasteiger partial charge is 0.0813 e. The van der Waals surface area contributed by atoms with Gasteiger partial charge < -0.3 is 10.8 Å². The van der Waals surface area contributed by atoms with E-state index in [2.05, 4.69) is 12.1 Å². The predicted octanol–water partition coefficient (Wildman–Crippen LogP) is 2.27. The number of aliphatic hydroxyl groups excluding tert-OH is 1. The van der Waals surface area contributed by atoms with E-state index in [0.717, 1.165) is 24.9 Å². The molecule has 0 bridgehead atoms. The molecular weight excluding hydrogens is 186 g/mol. The minimum atomic E-state index is -0.358. The molecule has 1 aromatic rings. The highest BCUT2D eigenvalue weighted by Crippen LogP contribution is 2.22. The van der Waals surface area contributed by atoms with E-state index in [1.54, 1.807) is 0 Å². The molecule has 0 aromatic heterocycles. The highest BCUT2D eigenvalue weighted by molar-refractivity contribution is 5.25. The number of benzene rings is 1. The van der Waals surface area contributed by atoms with Gasteiger partial charge in [0.05, 0.1) is 6.10 Å². The lowest BCUT2D eigenvalue weighted by Gasteiger charge is -2.15. The Hall–Kier alpha value is -0.860. The third-order valence-corrected chi connectivity index (χ3v) is 2.59. The maximum absolute atomic E-state index is 9.92. The standard InChI is InChI=1S/C13H21NO/c1-10(2)13(15)12-7-3-5-11(9-12)6-4-8-14/h3,5,7,9-10,13,15H,4,6,8,14H2,1-2H3. The molecule has 0 radical (unpaired) electrons. The van der Waals surface area contributed by atoms with Crippen molar-refractivity contribution < 1.29 is 5.11 Å². The van der Waals surface area contributed by atoms with Gasteiger partial charge in [0.2, 0.25) is 0 Å². The molecule has 0 amide bonds. The first-order valence-corrected chi connectivity index (χ1v) is 5.62. The topological polar surface area (TPSA) is 46.2 Å². The van der Waals surface area contributed by atoms with E-state index in [-0.39, 0.29) is 12.0 Å². The Bertz CT molecular complexity index is 296. The SMILES string of the molecule is CC(C)C(O)c1cccc(CCCN)c1. The largest absolute Gasteiger partial charge is 0.388 e. The Kier molecular flexibility index (Phi) is 4.79. The Labute approximate surface area is 92.1 Å². The molecule has 3 N–H and O–H groups in total. The molecule has 0 aliphatic carbocycles. The van der Waals surface area contributed by atoms with Crippen molar-refractivity contribution in [3.8, 4) is 0 Å². The quantitative estimate of drug-likeness (QED) is 0.778. The van der Waals surface area contributed by atoms with Gasteiger partial charge in [-0.15, -0.1) is 0 Å². The first kappa shape index (κ1) is 12.2. The number of hydrogen-bond donors (Lipinski definition) is 2. The van der Waals surface area contributed by atoms with Crippen LogP contribution in [0.1, 0.15) is 37.5 Å². The van der Waals surface area contributed by atoms with Crippen molar-refractivity contribution in [2.45, 2.75) is 32.8 Å². The van der Waals surface area contributed by atoms with Crippen LogP contribution >= 0.6 is 0 Å². The van der Waals surface area contributed by atoms with Gasteiger partial charge >= 0.3 is 0 Å². The highest BCUT2D eigenvalue weighted by atomic mass is 16.3. The first-order chi connectivity index (χ1) is 7.15. The second-order valence-electron chi connectivity index (χ2n) is 4.33. The minimum absolute atomic E-state index is 0.259. The second-order valence-corrected chi connectivity index (χ2v) is 4.33. The van der Waals surface area contributed by atoms with Gasteiger partial charge in [-0.1, -0.05) is 38.1 Å². The molecule has 0 saturated carbocycles. The van der Waals surface area contributed by atoms with Crippen LogP contribution in [-0.4, -0.2) is 11.7 Å². The zero-order valence-corrected chi connectivity index (χ0v) is 9.61. The maximum Gasteiger partial charge on any atom is 0.0813 e. The molecule has 0 saturated heterocycles. The lowest BCUT2D eigenvalue weighted by atomic mass is 9.96. The van der Waals surface area contributed by atoms with E-state index in [4.69, 9.17) is 5.73 Å². The molecule has 1 aromatic carbocycles. The van der Waals surface area contributed by atoms with E-state index in [1.165, 1.54) is 5.56 Å². The van der Waals surface area contributed by atoms with Gasteiger partial charge in [-0.05, 0) is 36.4 Å². The van der Waals surface area contributed by atoms with E-state index in [0.29, 0.717) is 0 Å². The van der Waals surface area contributed by atoms with Gasteiger partial charge in [0.25, 0.3) is 0 Å². The number of aliphatic hydroxyl groups is 1. The molecule has 0 heterocycles. The van der Waals surface area contributed by atoms with Crippen LogP contribution in [0, 0.1) is 5.92 Å². The summed E-state index contributed by atoms with van der Waals surface area (Å²) in [6, 6.07) is 8.16. The summed E-state index contributed by atoms with van der Waals surface area (Å²) in [5.41, 5.74) is 7.75. The van der Waals surface area contributed by atoms with Crippen LogP contribution < -0.4 is 5.73 Å². The average molecular weight is 207 g/mol. The summed E-state index contributed by atoms with van der Waals surface area (Å²) in [5, 5.41) is 9.92. The number of hydrogen-bond acceptors (Lipinski definition) is 2. The lowest BCUT2D eigenvalue weighted by molar-refractivity contribution is 0.127. The summed E-state index contributed by atoms with van der Waals surface area (Å²) in [4.78, 5) is 0. The Morgan fingerprint density at radius 3 is 2.67 bits per heavy atom. The summed E-state index contributed by atoms with van der Waals surface area (Å²) in [5.74, 6) is 0.259. The van der Waals surface area contributed by atoms with Crippen LogP contribution in [0.15, 0.2) is 24.3 Å². The van der Waals surface area contributed by atoms with Gasteiger partial charge in [0, 0.05) is 0 Å². The summed E-state index contributed by atoms with van der Waals surface area (Å²) in [6.07, 6.45) is 1.64. The van der Waals surface area contributed by atoms with E-state index in [1.807, 2.05) is 26.0 Å². The molecule has 0 aliphatic heterocycles. The summed E-state index contributed by atoms with van der Waals surface area (Å²) in [7, 11) is 0. The fourth-order valence-corrected chi connectivity index (χ4v) is 1.62.